The molecule has 1 unspecified atom stereocenters. The Balaban J connectivity index is 2.95. The quantitative estimate of drug-likeness (QED) is 0.558. The van der Waals surface area contributed by atoms with Gasteiger partial charge in [0, 0.05) is 6.08 Å². The van der Waals surface area contributed by atoms with Crippen LogP contribution < -0.4 is 0 Å². The van der Waals surface area contributed by atoms with Gasteiger partial charge in [0.2, 0.25) is 0 Å². The van der Waals surface area contributed by atoms with E-state index in [1.165, 1.54) is 6.08 Å². The van der Waals surface area contributed by atoms with Gasteiger partial charge in [-0.15, -0.1) is 0 Å². The fourth-order valence-electron chi connectivity index (χ4n) is 1.75. The van der Waals surface area contributed by atoms with Gasteiger partial charge in [0.15, 0.2) is 0 Å². The van der Waals surface area contributed by atoms with Gasteiger partial charge in [-0.25, -0.2) is 4.79 Å². The number of rotatable bonds is 3. The normalized spacial score (nSPS) is 11.9. The minimum Gasteiger partial charge on any atom is -0.455 e. The lowest BCUT2D eigenvalue weighted by Gasteiger charge is -2.17. The van der Waals surface area contributed by atoms with Gasteiger partial charge in [0.05, 0.1) is 0 Å². The maximum Gasteiger partial charge on any atom is 0.330 e. The fraction of sp³-hybridized carbons (Fsp3) is 0.308. The molecular weight excluding hydrogens is 188 g/mol. The number of ether oxygens (including phenoxy) is 1. The molecule has 2 heteroatoms. The molecule has 0 aliphatic rings. The van der Waals surface area contributed by atoms with Crippen LogP contribution in [0.15, 0.2) is 30.9 Å². The molecule has 0 aliphatic heterocycles. The molecule has 1 aromatic carbocycles. The Morgan fingerprint density at radius 2 is 1.93 bits per heavy atom. The van der Waals surface area contributed by atoms with E-state index in [-0.39, 0.29) is 12.1 Å². The van der Waals surface area contributed by atoms with E-state index in [1.807, 2.05) is 39.0 Å². The van der Waals surface area contributed by atoms with E-state index < -0.39 is 0 Å². The second-order valence-electron chi connectivity index (χ2n) is 3.59. The molecule has 0 aliphatic carbocycles. The summed E-state index contributed by atoms with van der Waals surface area (Å²) in [5.41, 5.74) is 3.35. The average Bonchev–Trinajstić information content (AvgIpc) is 2.17. The average molecular weight is 204 g/mol. The number of hydrogen-bond donors (Lipinski definition) is 0. The summed E-state index contributed by atoms with van der Waals surface area (Å²) in [5.74, 6) is -0.384. The predicted octanol–water partition coefficient (Wildman–Crippen LogP) is 3.09. The van der Waals surface area contributed by atoms with Crippen molar-refractivity contribution in [3.63, 3.8) is 0 Å². The first-order valence-corrected chi connectivity index (χ1v) is 4.95. The van der Waals surface area contributed by atoms with Gasteiger partial charge < -0.3 is 4.74 Å². The van der Waals surface area contributed by atoms with Crippen molar-refractivity contribution in [1.29, 1.82) is 0 Å². The number of carbonyl (C=O) groups is 1. The Morgan fingerprint density at radius 3 is 2.40 bits per heavy atom. The lowest BCUT2D eigenvalue weighted by Crippen LogP contribution is -2.08. The van der Waals surface area contributed by atoms with E-state index >= 15 is 0 Å². The third-order valence-corrected chi connectivity index (χ3v) is 2.41. The van der Waals surface area contributed by atoms with Crippen LogP contribution in [-0.4, -0.2) is 5.97 Å². The Hall–Kier alpha value is -1.57. The molecule has 80 valence electrons. The molecular formula is C13H16O2. The van der Waals surface area contributed by atoms with E-state index in [1.54, 1.807) is 0 Å². The van der Waals surface area contributed by atoms with Crippen LogP contribution in [0.3, 0.4) is 0 Å². The number of aryl methyl sites for hydroxylation is 2. The van der Waals surface area contributed by atoms with Crippen LogP contribution >= 0.6 is 0 Å². The Labute approximate surface area is 90.6 Å². The van der Waals surface area contributed by atoms with Crippen LogP contribution in [0.5, 0.6) is 0 Å². The molecule has 0 N–H and O–H groups in total. The van der Waals surface area contributed by atoms with E-state index in [0.29, 0.717) is 0 Å². The maximum absolute atomic E-state index is 11.1. The highest BCUT2D eigenvalue weighted by molar-refractivity contribution is 5.81. The van der Waals surface area contributed by atoms with Crippen LogP contribution in [0.4, 0.5) is 0 Å². The number of esters is 1. The summed E-state index contributed by atoms with van der Waals surface area (Å²) >= 11 is 0. The zero-order valence-electron chi connectivity index (χ0n) is 9.41. The monoisotopic (exact) mass is 204 g/mol. The van der Waals surface area contributed by atoms with Gasteiger partial charge in [0.1, 0.15) is 6.10 Å². The van der Waals surface area contributed by atoms with Crippen LogP contribution in [0.2, 0.25) is 0 Å². The van der Waals surface area contributed by atoms with Gasteiger partial charge >= 0.3 is 5.97 Å². The van der Waals surface area contributed by atoms with Crippen molar-refractivity contribution < 1.29 is 9.53 Å². The molecule has 1 aromatic rings. The number of hydrogen-bond acceptors (Lipinski definition) is 2. The first-order valence-electron chi connectivity index (χ1n) is 4.95. The SMILES string of the molecule is C=CC(=O)OC(C)c1c(C)cccc1C. The Morgan fingerprint density at radius 1 is 1.40 bits per heavy atom. The van der Waals surface area contributed by atoms with Gasteiger partial charge in [-0.1, -0.05) is 24.8 Å². The molecule has 0 heterocycles. The molecule has 0 bridgehead atoms. The summed E-state index contributed by atoms with van der Waals surface area (Å²) in [4.78, 5) is 11.1. The molecule has 0 aromatic heterocycles. The van der Waals surface area contributed by atoms with E-state index in [9.17, 15) is 4.79 Å². The van der Waals surface area contributed by atoms with Gasteiger partial charge in [0.25, 0.3) is 0 Å². The highest BCUT2D eigenvalue weighted by atomic mass is 16.5. The summed E-state index contributed by atoms with van der Waals surface area (Å²) in [5, 5.41) is 0. The van der Waals surface area contributed by atoms with Gasteiger partial charge in [-0.2, -0.15) is 0 Å². The van der Waals surface area contributed by atoms with E-state index in [0.717, 1.165) is 16.7 Å². The molecule has 15 heavy (non-hydrogen) atoms. The first kappa shape index (κ1) is 11.5. The second kappa shape index (κ2) is 4.78. The van der Waals surface area contributed by atoms with E-state index in [2.05, 4.69) is 6.58 Å². The van der Waals surface area contributed by atoms with Crippen molar-refractivity contribution in [2.24, 2.45) is 0 Å². The largest absolute Gasteiger partial charge is 0.455 e. The first-order chi connectivity index (χ1) is 7.06. The Bertz CT molecular complexity index is 360. The maximum atomic E-state index is 11.1. The zero-order valence-corrected chi connectivity index (χ0v) is 9.41. The Kier molecular flexibility index (Phi) is 3.67. The summed E-state index contributed by atoms with van der Waals surface area (Å²) in [6.07, 6.45) is 0.959. The van der Waals surface area contributed by atoms with Crippen molar-refractivity contribution in [1.82, 2.24) is 0 Å². The minimum atomic E-state index is -0.384. The van der Waals surface area contributed by atoms with Crippen molar-refractivity contribution in [3.8, 4) is 0 Å². The topological polar surface area (TPSA) is 26.3 Å². The highest BCUT2D eigenvalue weighted by Crippen LogP contribution is 2.24. The fourth-order valence-corrected chi connectivity index (χ4v) is 1.75. The summed E-state index contributed by atoms with van der Waals surface area (Å²) in [6, 6.07) is 6.03. The summed E-state index contributed by atoms with van der Waals surface area (Å²) in [6.45, 7) is 9.28. The molecule has 0 saturated carbocycles. The minimum absolute atomic E-state index is 0.225. The van der Waals surface area contributed by atoms with Crippen LogP contribution in [0.1, 0.15) is 29.7 Å². The molecule has 2 nitrogen and oxygen atoms in total. The number of benzene rings is 1. The predicted molar refractivity (Wildman–Crippen MR) is 60.6 cm³/mol. The summed E-state index contributed by atoms with van der Waals surface area (Å²) < 4.78 is 5.19. The molecule has 1 atom stereocenters. The van der Waals surface area contributed by atoms with E-state index in [4.69, 9.17) is 4.74 Å². The van der Waals surface area contributed by atoms with Crippen LogP contribution in [0, 0.1) is 13.8 Å². The second-order valence-corrected chi connectivity index (χ2v) is 3.59. The third-order valence-electron chi connectivity index (χ3n) is 2.41. The van der Waals surface area contributed by atoms with Crippen LogP contribution in [0.25, 0.3) is 0 Å². The van der Waals surface area contributed by atoms with Crippen molar-refractivity contribution in [2.75, 3.05) is 0 Å². The van der Waals surface area contributed by atoms with Crippen molar-refractivity contribution >= 4 is 5.97 Å². The molecule has 0 fully saturated rings. The molecule has 0 amide bonds. The molecule has 1 rings (SSSR count). The van der Waals surface area contributed by atoms with Gasteiger partial charge in [-0.05, 0) is 37.5 Å². The smallest absolute Gasteiger partial charge is 0.330 e. The van der Waals surface area contributed by atoms with Gasteiger partial charge in [-0.3, -0.25) is 0 Å². The standard InChI is InChI=1S/C13H16O2/c1-5-12(14)15-11(4)13-9(2)7-6-8-10(13)3/h5-8,11H,1H2,2-4H3. The highest BCUT2D eigenvalue weighted by Gasteiger charge is 2.13. The lowest BCUT2D eigenvalue weighted by atomic mass is 9.99. The molecule has 0 radical (unpaired) electrons. The zero-order chi connectivity index (χ0) is 11.4. The lowest BCUT2D eigenvalue weighted by molar-refractivity contribution is -0.142. The third kappa shape index (κ3) is 2.69. The molecule has 0 spiro atoms. The number of carbonyl (C=O) groups excluding carboxylic acids is 1. The van der Waals surface area contributed by atoms with Crippen molar-refractivity contribution in [2.45, 2.75) is 26.9 Å². The van der Waals surface area contributed by atoms with Crippen LogP contribution in [-0.2, 0) is 9.53 Å². The molecule has 0 saturated heterocycles. The summed E-state index contributed by atoms with van der Waals surface area (Å²) in [7, 11) is 0. The van der Waals surface area contributed by atoms with Crippen molar-refractivity contribution in [3.05, 3.63) is 47.5 Å².